The van der Waals surface area contributed by atoms with E-state index in [9.17, 15) is 4.79 Å². The van der Waals surface area contributed by atoms with E-state index in [-0.39, 0.29) is 11.8 Å². The molecule has 3 aromatic rings. The molecule has 33 heavy (non-hydrogen) atoms. The summed E-state index contributed by atoms with van der Waals surface area (Å²) < 4.78 is 0. The number of aryl methyl sites for hydroxylation is 1. The third-order valence-corrected chi connectivity index (χ3v) is 6.34. The van der Waals surface area contributed by atoms with Crippen molar-refractivity contribution in [3.63, 3.8) is 0 Å². The first kappa shape index (κ1) is 22.9. The number of carbonyl (C=O) groups excluding carboxylic acids is 1. The first-order valence-corrected chi connectivity index (χ1v) is 12.0. The molecule has 2 aromatic carbocycles. The number of nitrogens with zero attached hydrogens (tertiary/aromatic N) is 2. The molecule has 174 valence electrons. The minimum Gasteiger partial charge on any atom is -0.361 e. The van der Waals surface area contributed by atoms with Crippen molar-refractivity contribution in [3.05, 3.63) is 71.4 Å². The molecule has 6 nitrogen and oxygen atoms in total. The maximum Gasteiger partial charge on any atom is 0.223 e. The van der Waals surface area contributed by atoms with Gasteiger partial charge in [-0.3, -0.25) is 9.79 Å². The lowest BCUT2D eigenvalue weighted by Gasteiger charge is -2.16. The van der Waals surface area contributed by atoms with Crippen molar-refractivity contribution in [1.82, 2.24) is 20.5 Å². The Morgan fingerprint density at radius 3 is 2.79 bits per heavy atom. The third-order valence-electron chi connectivity index (χ3n) is 6.34. The molecule has 3 N–H and O–H groups in total. The topological polar surface area (TPSA) is 72.5 Å². The van der Waals surface area contributed by atoms with Gasteiger partial charge in [0.15, 0.2) is 5.96 Å². The molecular formula is C27H35N5O. The van der Waals surface area contributed by atoms with E-state index in [1.54, 1.807) is 0 Å². The molecule has 0 aliphatic carbocycles. The Bertz CT molecular complexity index is 1090. The predicted octanol–water partition coefficient (Wildman–Crippen LogP) is 3.67. The van der Waals surface area contributed by atoms with E-state index < -0.39 is 0 Å². The van der Waals surface area contributed by atoms with Gasteiger partial charge in [-0.25, -0.2) is 0 Å². The molecule has 1 saturated heterocycles. The number of hydrogen-bond acceptors (Lipinski definition) is 2. The number of hydrogen-bond donors (Lipinski definition) is 3. The number of guanidine groups is 1. The number of rotatable bonds is 9. The number of aromatic nitrogens is 1. The van der Waals surface area contributed by atoms with Crippen molar-refractivity contribution >= 4 is 22.8 Å². The Balaban J connectivity index is 1.27. The number of likely N-dealkylation sites (tertiary alicyclic amines) is 1. The molecule has 1 aliphatic heterocycles. The standard InChI is InChI=1S/C27H35N5O/c1-3-28-27(29-14-12-23-18-30-24-11-7-8-20(2)26(23)24)31-17-22-16-25(33)32(19-22)15-13-21-9-5-4-6-10-21/h4-11,18,22,30H,3,12-17,19H2,1-2H3,(H2,28,29,31). The van der Waals surface area contributed by atoms with Crippen LogP contribution in [-0.4, -0.2) is 54.5 Å². The lowest BCUT2D eigenvalue weighted by atomic mass is 10.1. The van der Waals surface area contributed by atoms with E-state index in [1.807, 2.05) is 23.1 Å². The number of aliphatic imine (C=N–C) groups is 1. The van der Waals surface area contributed by atoms with Crippen LogP contribution in [0.5, 0.6) is 0 Å². The van der Waals surface area contributed by atoms with Gasteiger partial charge in [-0.1, -0.05) is 42.5 Å². The molecular weight excluding hydrogens is 410 g/mol. The fraction of sp³-hybridized carbons (Fsp3) is 0.407. The van der Waals surface area contributed by atoms with E-state index in [2.05, 4.69) is 66.0 Å². The summed E-state index contributed by atoms with van der Waals surface area (Å²) in [6, 6.07) is 16.7. The zero-order chi connectivity index (χ0) is 23.0. The van der Waals surface area contributed by atoms with Crippen LogP contribution < -0.4 is 10.6 Å². The summed E-state index contributed by atoms with van der Waals surface area (Å²) in [7, 11) is 0. The SMILES string of the molecule is CCNC(=NCC1CC(=O)N(CCc2ccccc2)C1)NCCc1c[nH]c2cccc(C)c12. The van der Waals surface area contributed by atoms with Gasteiger partial charge >= 0.3 is 0 Å². The van der Waals surface area contributed by atoms with Gasteiger partial charge in [-0.05, 0) is 49.4 Å². The summed E-state index contributed by atoms with van der Waals surface area (Å²) >= 11 is 0. The predicted molar refractivity (Wildman–Crippen MR) is 136 cm³/mol. The molecule has 0 bridgehead atoms. The summed E-state index contributed by atoms with van der Waals surface area (Å²) in [5.41, 5.74) is 5.08. The third kappa shape index (κ3) is 5.95. The van der Waals surface area contributed by atoms with E-state index >= 15 is 0 Å². The highest BCUT2D eigenvalue weighted by molar-refractivity contribution is 5.86. The van der Waals surface area contributed by atoms with Crippen LogP contribution >= 0.6 is 0 Å². The fourth-order valence-electron chi connectivity index (χ4n) is 4.63. The Morgan fingerprint density at radius 2 is 1.97 bits per heavy atom. The van der Waals surface area contributed by atoms with Crippen molar-refractivity contribution in [2.45, 2.75) is 33.1 Å². The van der Waals surface area contributed by atoms with E-state index in [0.717, 1.165) is 45.0 Å². The maximum absolute atomic E-state index is 12.5. The first-order valence-electron chi connectivity index (χ1n) is 12.0. The minimum absolute atomic E-state index is 0.249. The van der Waals surface area contributed by atoms with Gasteiger partial charge in [0, 0.05) is 62.2 Å². The number of aromatic amines is 1. The van der Waals surface area contributed by atoms with Gasteiger partial charge in [-0.15, -0.1) is 0 Å². The Labute approximate surface area is 196 Å². The van der Waals surface area contributed by atoms with Crippen LogP contribution in [0, 0.1) is 12.8 Å². The maximum atomic E-state index is 12.5. The molecule has 1 aliphatic rings. The second-order valence-corrected chi connectivity index (χ2v) is 8.85. The first-order chi connectivity index (χ1) is 16.1. The van der Waals surface area contributed by atoms with Crippen molar-refractivity contribution in [2.75, 3.05) is 32.7 Å². The molecule has 2 heterocycles. The molecule has 6 heteroatoms. The van der Waals surface area contributed by atoms with E-state index in [0.29, 0.717) is 13.0 Å². The molecule has 1 amide bonds. The average Bonchev–Trinajstić information content (AvgIpc) is 3.40. The second kappa shape index (κ2) is 11.0. The van der Waals surface area contributed by atoms with Crippen LogP contribution in [0.2, 0.25) is 0 Å². The molecule has 0 spiro atoms. The minimum atomic E-state index is 0.249. The van der Waals surface area contributed by atoms with Gasteiger partial charge < -0.3 is 20.5 Å². The van der Waals surface area contributed by atoms with E-state index in [4.69, 9.17) is 4.99 Å². The van der Waals surface area contributed by atoms with Crippen molar-refractivity contribution in [3.8, 4) is 0 Å². The highest BCUT2D eigenvalue weighted by Crippen LogP contribution is 2.22. The number of benzene rings is 2. The normalized spacial score (nSPS) is 16.5. The van der Waals surface area contributed by atoms with Crippen molar-refractivity contribution in [2.24, 2.45) is 10.9 Å². The van der Waals surface area contributed by atoms with Gasteiger partial charge in [0.25, 0.3) is 0 Å². The molecule has 4 rings (SSSR count). The van der Waals surface area contributed by atoms with Gasteiger partial charge in [0.1, 0.15) is 0 Å². The molecule has 1 atom stereocenters. The number of fused-ring (bicyclic) bond motifs is 1. The Morgan fingerprint density at radius 1 is 1.12 bits per heavy atom. The number of H-pyrrole nitrogens is 1. The summed E-state index contributed by atoms with van der Waals surface area (Å²) in [4.78, 5) is 22.6. The largest absolute Gasteiger partial charge is 0.361 e. The zero-order valence-corrected chi connectivity index (χ0v) is 19.7. The Hall–Kier alpha value is -3.28. The molecule has 1 fully saturated rings. The summed E-state index contributed by atoms with van der Waals surface area (Å²) in [5.74, 6) is 1.35. The van der Waals surface area contributed by atoms with Crippen LogP contribution in [-0.2, 0) is 17.6 Å². The molecule has 0 saturated carbocycles. The molecule has 0 radical (unpaired) electrons. The van der Waals surface area contributed by atoms with Crippen LogP contribution in [0.3, 0.4) is 0 Å². The zero-order valence-electron chi connectivity index (χ0n) is 19.7. The quantitative estimate of drug-likeness (QED) is 0.348. The highest BCUT2D eigenvalue weighted by atomic mass is 16.2. The lowest BCUT2D eigenvalue weighted by molar-refractivity contribution is -0.127. The fourth-order valence-corrected chi connectivity index (χ4v) is 4.63. The van der Waals surface area contributed by atoms with E-state index in [1.165, 1.54) is 27.6 Å². The number of carbonyl (C=O) groups is 1. The Kier molecular flexibility index (Phi) is 7.66. The summed E-state index contributed by atoms with van der Waals surface area (Å²) in [6.07, 6.45) is 4.52. The highest BCUT2D eigenvalue weighted by Gasteiger charge is 2.29. The summed E-state index contributed by atoms with van der Waals surface area (Å²) in [6.45, 7) is 8.09. The van der Waals surface area contributed by atoms with Gasteiger partial charge in [0.2, 0.25) is 5.91 Å². The smallest absolute Gasteiger partial charge is 0.223 e. The monoisotopic (exact) mass is 445 g/mol. The number of nitrogens with one attached hydrogen (secondary N) is 3. The second-order valence-electron chi connectivity index (χ2n) is 8.85. The average molecular weight is 446 g/mol. The van der Waals surface area contributed by atoms with Crippen LogP contribution in [0.25, 0.3) is 10.9 Å². The van der Waals surface area contributed by atoms with Gasteiger partial charge in [-0.2, -0.15) is 0 Å². The van der Waals surface area contributed by atoms with Crippen molar-refractivity contribution in [1.29, 1.82) is 0 Å². The van der Waals surface area contributed by atoms with Crippen LogP contribution in [0.4, 0.5) is 0 Å². The van der Waals surface area contributed by atoms with Crippen LogP contribution in [0.15, 0.2) is 59.7 Å². The molecule has 1 unspecified atom stereocenters. The summed E-state index contributed by atoms with van der Waals surface area (Å²) in [5, 5.41) is 8.12. The van der Waals surface area contributed by atoms with Crippen LogP contribution in [0.1, 0.15) is 30.0 Å². The number of amides is 1. The van der Waals surface area contributed by atoms with Crippen molar-refractivity contribution < 1.29 is 4.79 Å². The van der Waals surface area contributed by atoms with Gasteiger partial charge in [0.05, 0.1) is 0 Å². The molecule has 1 aromatic heterocycles. The lowest BCUT2D eigenvalue weighted by Crippen LogP contribution is -2.38.